The lowest BCUT2D eigenvalue weighted by molar-refractivity contribution is -0.137. The van der Waals surface area contributed by atoms with Crippen LogP contribution in [0.3, 0.4) is 0 Å². The number of carboxylic acids is 1. The maximum Gasteiger partial charge on any atom is 0.323 e. The van der Waals surface area contributed by atoms with Crippen LogP contribution in [0.25, 0.3) is 0 Å². The number of carbonyl (C=O) groups is 3. The van der Waals surface area contributed by atoms with Crippen LogP contribution in [0.2, 0.25) is 0 Å². The van der Waals surface area contributed by atoms with Crippen molar-refractivity contribution < 1.29 is 23.9 Å². The first kappa shape index (κ1) is 22.0. The van der Waals surface area contributed by atoms with Gasteiger partial charge in [-0.3, -0.25) is 14.4 Å². The van der Waals surface area contributed by atoms with Crippen LogP contribution >= 0.6 is 27.7 Å². The Kier molecular flexibility index (Phi) is 6.88. The van der Waals surface area contributed by atoms with Gasteiger partial charge in [0.1, 0.15) is 12.4 Å². The number of rotatable bonds is 7. The van der Waals surface area contributed by atoms with Crippen molar-refractivity contribution in [2.24, 2.45) is 10.7 Å². The number of nitrogens with zero attached hydrogens (tertiary/aromatic N) is 2. The van der Waals surface area contributed by atoms with Crippen LogP contribution in [-0.2, 0) is 22.6 Å². The molecule has 1 unspecified atom stereocenters. The molecule has 0 bridgehead atoms. The second kappa shape index (κ2) is 9.40. The number of amidine groups is 1. The lowest BCUT2D eigenvalue weighted by Gasteiger charge is -2.22. The Hall–Kier alpha value is -2.72. The molecule has 0 aliphatic carbocycles. The first-order chi connectivity index (χ1) is 14.2. The van der Waals surface area contributed by atoms with Gasteiger partial charge in [0, 0.05) is 22.1 Å². The summed E-state index contributed by atoms with van der Waals surface area (Å²) in [6.07, 6.45) is 0.328. The average molecular weight is 494 g/mol. The molecule has 30 heavy (non-hydrogen) atoms. The number of hydrogen-bond acceptors (Lipinski definition) is 5. The van der Waals surface area contributed by atoms with E-state index >= 15 is 0 Å². The molecule has 0 spiro atoms. The molecule has 2 aromatic rings. The van der Waals surface area contributed by atoms with Crippen molar-refractivity contribution in [1.29, 1.82) is 0 Å². The molecule has 0 saturated heterocycles. The summed E-state index contributed by atoms with van der Waals surface area (Å²) in [5, 5.41) is 8.96. The molecule has 1 aliphatic heterocycles. The van der Waals surface area contributed by atoms with E-state index in [1.807, 2.05) is 0 Å². The topological polar surface area (TPSA) is 113 Å². The summed E-state index contributed by atoms with van der Waals surface area (Å²) < 4.78 is 14.7. The minimum atomic E-state index is -1.21. The van der Waals surface area contributed by atoms with Crippen molar-refractivity contribution in [2.45, 2.75) is 18.2 Å². The number of nitrogens with two attached hydrogens (primary N) is 1. The van der Waals surface area contributed by atoms with Gasteiger partial charge in [0.15, 0.2) is 5.17 Å². The van der Waals surface area contributed by atoms with Gasteiger partial charge in [0.2, 0.25) is 0 Å². The molecule has 1 aliphatic rings. The molecule has 0 fully saturated rings. The Morgan fingerprint density at radius 1 is 1.27 bits per heavy atom. The Balaban J connectivity index is 1.80. The molecule has 3 N–H and O–H groups in total. The Morgan fingerprint density at radius 3 is 2.67 bits per heavy atom. The van der Waals surface area contributed by atoms with E-state index in [0.29, 0.717) is 16.5 Å². The van der Waals surface area contributed by atoms with E-state index in [2.05, 4.69) is 20.9 Å². The predicted octanol–water partition coefficient (Wildman–Crippen LogP) is 2.81. The maximum atomic E-state index is 14.2. The van der Waals surface area contributed by atoms with Gasteiger partial charge >= 0.3 is 5.97 Å². The number of halogens is 2. The number of aliphatic imine (C=N–C) groups is 1. The number of carboxylic acid groups (broad SMARTS) is 1. The quantitative estimate of drug-likeness (QED) is 0.612. The van der Waals surface area contributed by atoms with Crippen LogP contribution in [0.5, 0.6) is 0 Å². The average Bonchev–Trinajstić information content (AvgIpc) is 2.99. The Morgan fingerprint density at radius 2 is 2.03 bits per heavy atom. The summed E-state index contributed by atoms with van der Waals surface area (Å²) in [6.45, 7) is -0.782. The molecule has 156 valence electrons. The highest BCUT2D eigenvalue weighted by Gasteiger charge is 2.27. The molecule has 2 amide bonds. The van der Waals surface area contributed by atoms with Gasteiger partial charge in [-0.25, -0.2) is 4.39 Å². The lowest BCUT2D eigenvalue weighted by Crippen LogP contribution is -2.35. The van der Waals surface area contributed by atoms with Crippen molar-refractivity contribution in [3.8, 4) is 0 Å². The predicted molar refractivity (Wildman–Crippen MR) is 115 cm³/mol. The normalized spacial score (nSPS) is 15.7. The van der Waals surface area contributed by atoms with Crippen molar-refractivity contribution in [3.05, 3.63) is 69.4 Å². The summed E-state index contributed by atoms with van der Waals surface area (Å²) in [7, 11) is 0. The van der Waals surface area contributed by atoms with Crippen molar-refractivity contribution >= 4 is 50.6 Å². The second-order valence-corrected chi connectivity index (χ2v) is 8.73. The zero-order valence-electron chi connectivity index (χ0n) is 15.5. The van der Waals surface area contributed by atoms with E-state index in [0.717, 1.165) is 16.7 Å². The fourth-order valence-corrected chi connectivity index (χ4v) is 4.18. The smallest absolute Gasteiger partial charge is 0.323 e. The summed E-state index contributed by atoms with van der Waals surface area (Å²) in [6, 6.07) is 10.9. The van der Waals surface area contributed by atoms with Gasteiger partial charge in [-0.05, 0) is 36.2 Å². The molecule has 3 rings (SSSR count). The zero-order valence-corrected chi connectivity index (χ0v) is 18.0. The van der Waals surface area contributed by atoms with Crippen molar-refractivity contribution in [3.63, 3.8) is 0 Å². The van der Waals surface area contributed by atoms with Gasteiger partial charge in [-0.1, -0.05) is 45.9 Å². The minimum absolute atomic E-state index is 0.199. The van der Waals surface area contributed by atoms with E-state index < -0.39 is 29.5 Å². The number of aliphatic carboxylic acids is 1. The Bertz CT molecular complexity index is 1050. The van der Waals surface area contributed by atoms with E-state index in [9.17, 15) is 23.9 Å². The highest BCUT2D eigenvalue weighted by atomic mass is 79.9. The number of carbonyl (C=O) groups excluding carboxylic acids is 2. The fourth-order valence-electron chi connectivity index (χ4n) is 2.98. The van der Waals surface area contributed by atoms with E-state index in [1.54, 1.807) is 30.3 Å². The first-order valence-corrected chi connectivity index (χ1v) is 10.5. The van der Waals surface area contributed by atoms with Crippen LogP contribution in [0.1, 0.15) is 21.5 Å². The largest absolute Gasteiger partial charge is 0.480 e. The molecule has 1 heterocycles. The molecule has 7 nitrogen and oxygen atoms in total. The SMILES string of the molecule is NC1=NC(=O)C(Cc2cccc(C(=O)N(CC(=O)O)Cc3ccc(Br)cc3F)c2)S1. The van der Waals surface area contributed by atoms with E-state index in [1.165, 1.54) is 12.1 Å². The highest BCUT2D eigenvalue weighted by Crippen LogP contribution is 2.24. The van der Waals surface area contributed by atoms with Crippen LogP contribution < -0.4 is 5.73 Å². The van der Waals surface area contributed by atoms with Crippen molar-refractivity contribution in [1.82, 2.24) is 4.90 Å². The van der Waals surface area contributed by atoms with Crippen molar-refractivity contribution in [2.75, 3.05) is 6.54 Å². The maximum absolute atomic E-state index is 14.2. The first-order valence-electron chi connectivity index (χ1n) is 8.81. The summed E-state index contributed by atoms with van der Waals surface area (Å²) in [5.74, 6) is -2.64. The van der Waals surface area contributed by atoms with Gasteiger partial charge in [0.25, 0.3) is 11.8 Å². The zero-order chi connectivity index (χ0) is 21.8. The number of amides is 2. The van der Waals surface area contributed by atoms with Gasteiger partial charge in [-0.2, -0.15) is 4.99 Å². The Labute approximate surface area is 184 Å². The summed E-state index contributed by atoms with van der Waals surface area (Å²) >= 11 is 4.33. The van der Waals surface area contributed by atoms with Gasteiger partial charge in [0.05, 0.1) is 5.25 Å². The van der Waals surface area contributed by atoms with Crippen LogP contribution in [0.4, 0.5) is 4.39 Å². The standard InChI is InChI=1S/C20H17BrFN3O4S/c21-14-5-4-13(15(22)8-14)9-25(10-17(26)27)19(29)12-3-1-2-11(6-12)7-16-18(28)24-20(23)30-16/h1-6,8,16H,7,9-10H2,(H,26,27)(H2,23,24,28). The molecule has 2 aromatic carbocycles. The van der Waals surface area contributed by atoms with Gasteiger partial charge in [-0.15, -0.1) is 0 Å². The summed E-state index contributed by atoms with van der Waals surface area (Å²) in [5.41, 5.74) is 6.72. The van der Waals surface area contributed by atoms with E-state index in [-0.39, 0.29) is 28.7 Å². The second-order valence-electron chi connectivity index (χ2n) is 6.59. The molecule has 10 heteroatoms. The third kappa shape index (κ3) is 5.45. The minimum Gasteiger partial charge on any atom is -0.480 e. The highest BCUT2D eigenvalue weighted by molar-refractivity contribution is 9.10. The molecule has 0 aromatic heterocycles. The number of benzene rings is 2. The third-order valence-electron chi connectivity index (χ3n) is 4.34. The monoisotopic (exact) mass is 493 g/mol. The number of hydrogen-bond donors (Lipinski definition) is 2. The number of thioether (sulfide) groups is 1. The molecule has 1 atom stereocenters. The van der Waals surface area contributed by atoms with E-state index in [4.69, 9.17) is 5.73 Å². The van der Waals surface area contributed by atoms with Crippen LogP contribution in [0.15, 0.2) is 51.9 Å². The molecular weight excluding hydrogens is 477 g/mol. The van der Waals surface area contributed by atoms with Crippen LogP contribution in [-0.4, -0.2) is 44.8 Å². The molecular formula is C20H17BrFN3O4S. The molecule has 0 saturated carbocycles. The fraction of sp³-hybridized carbons (Fsp3) is 0.200. The summed E-state index contributed by atoms with van der Waals surface area (Å²) in [4.78, 5) is 40.8. The van der Waals surface area contributed by atoms with Crippen LogP contribution in [0, 0.1) is 5.82 Å². The third-order valence-corrected chi connectivity index (χ3v) is 5.82. The molecule has 0 radical (unpaired) electrons. The van der Waals surface area contributed by atoms with Gasteiger partial charge < -0.3 is 15.7 Å². The lowest BCUT2D eigenvalue weighted by atomic mass is 10.0.